The molecule has 0 aromatic heterocycles. The van der Waals surface area contributed by atoms with Crippen LogP contribution in [0.5, 0.6) is 0 Å². The van der Waals surface area contributed by atoms with E-state index >= 15 is 0 Å². The molecular formula is C26H32ClN3O3. The van der Waals surface area contributed by atoms with E-state index in [1.807, 2.05) is 44.2 Å². The predicted octanol–water partition coefficient (Wildman–Crippen LogP) is 4.77. The van der Waals surface area contributed by atoms with Gasteiger partial charge < -0.3 is 9.64 Å². The highest BCUT2D eigenvalue weighted by molar-refractivity contribution is 6.30. The van der Waals surface area contributed by atoms with E-state index in [9.17, 15) is 9.59 Å². The lowest BCUT2D eigenvalue weighted by atomic mass is 9.96. The van der Waals surface area contributed by atoms with Crippen LogP contribution in [-0.2, 0) is 14.3 Å². The van der Waals surface area contributed by atoms with Crippen LogP contribution in [0.3, 0.4) is 0 Å². The molecule has 6 nitrogen and oxygen atoms in total. The molecule has 1 unspecified atom stereocenters. The molecule has 0 fully saturated rings. The first-order chi connectivity index (χ1) is 15.7. The number of hydrogen-bond donors (Lipinski definition) is 0. The predicted molar refractivity (Wildman–Crippen MR) is 131 cm³/mol. The van der Waals surface area contributed by atoms with Crippen LogP contribution in [0.1, 0.15) is 48.6 Å². The van der Waals surface area contributed by atoms with Gasteiger partial charge >= 0.3 is 0 Å². The lowest BCUT2D eigenvalue weighted by Gasteiger charge is -2.28. The van der Waals surface area contributed by atoms with E-state index in [0.717, 1.165) is 16.8 Å². The van der Waals surface area contributed by atoms with Gasteiger partial charge in [0, 0.05) is 31.0 Å². The minimum atomic E-state index is -0.259. The minimum absolute atomic E-state index is 0.0475. The molecule has 0 saturated carbocycles. The topological polar surface area (TPSA) is 62.2 Å². The van der Waals surface area contributed by atoms with E-state index in [0.29, 0.717) is 24.6 Å². The monoisotopic (exact) mass is 469 g/mol. The zero-order valence-corrected chi connectivity index (χ0v) is 20.7. The number of amides is 2. The van der Waals surface area contributed by atoms with Crippen molar-refractivity contribution in [3.05, 3.63) is 69.7 Å². The summed E-state index contributed by atoms with van der Waals surface area (Å²) in [6, 6.07) is 13.5. The first kappa shape index (κ1) is 24.9. The highest BCUT2D eigenvalue weighted by atomic mass is 35.5. The van der Waals surface area contributed by atoms with Crippen molar-refractivity contribution in [2.75, 3.05) is 26.8 Å². The number of rotatable bonds is 8. The second-order valence-electron chi connectivity index (χ2n) is 8.76. The molecule has 1 atom stereocenters. The summed E-state index contributed by atoms with van der Waals surface area (Å²) in [6.45, 7) is 8.47. The highest BCUT2D eigenvalue weighted by Crippen LogP contribution is 2.34. The maximum atomic E-state index is 13.5. The fourth-order valence-corrected chi connectivity index (χ4v) is 3.98. The normalized spacial score (nSPS) is 15.7. The van der Waals surface area contributed by atoms with Crippen LogP contribution in [0, 0.1) is 19.8 Å². The number of hydrazone groups is 1. The second-order valence-corrected chi connectivity index (χ2v) is 9.20. The van der Waals surface area contributed by atoms with E-state index in [-0.39, 0.29) is 30.3 Å². The first-order valence-corrected chi connectivity index (χ1v) is 11.6. The van der Waals surface area contributed by atoms with Crippen molar-refractivity contribution in [1.82, 2.24) is 9.91 Å². The highest BCUT2D eigenvalue weighted by Gasteiger charge is 2.34. The summed E-state index contributed by atoms with van der Waals surface area (Å²) in [5.41, 5.74) is 5.19. The average Bonchev–Trinajstić information content (AvgIpc) is 3.24. The van der Waals surface area contributed by atoms with E-state index in [2.05, 4.69) is 26.0 Å². The molecule has 0 N–H and O–H groups in total. The van der Waals surface area contributed by atoms with Gasteiger partial charge in [-0.2, -0.15) is 5.10 Å². The molecule has 33 heavy (non-hydrogen) atoms. The molecule has 176 valence electrons. The Hall–Kier alpha value is -2.70. The van der Waals surface area contributed by atoms with E-state index in [1.165, 1.54) is 16.1 Å². The molecule has 0 bridgehead atoms. The fraction of sp³-hybridized carbons (Fsp3) is 0.423. The van der Waals surface area contributed by atoms with Crippen molar-refractivity contribution >= 4 is 29.1 Å². The standard InChI is InChI=1S/C26H32ClN3O3/c1-17(2)26(32)29(12-13-33-5)16-25(31)30-24(20-8-10-22(27)11-9-20)15-23(28-30)21-7-6-18(3)19(4)14-21/h6-11,14,17,24H,12-13,15-16H2,1-5H3. The Labute approximate surface area is 201 Å². The summed E-state index contributed by atoms with van der Waals surface area (Å²) in [4.78, 5) is 27.7. The van der Waals surface area contributed by atoms with Crippen LogP contribution >= 0.6 is 11.6 Å². The summed E-state index contributed by atoms with van der Waals surface area (Å²) in [5.74, 6) is -0.519. The molecule has 3 rings (SSSR count). The summed E-state index contributed by atoms with van der Waals surface area (Å²) >= 11 is 6.09. The minimum Gasteiger partial charge on any atom is -0.383 e. The molecule has 1 aliphatic heterocycles. The zero-order valence-electron chi connectivity index (χ0n) is 20.0. The Kier molecular flexibility index (Phi) is 8.27. The molecule has 0 spiro atoms. The number of aryl methyl sites for hydroxylation is 2. The van der Waals surface area contributed by atoms with Crippen LogP contribution in [-0.4, -0.2) is 54.2 Å². The molecule has 1 aliphatic rings. The van der Waals surface area contributed by atoms with E-state index in [4.69, 9.17) is 21.4 Å². The lowest BCUT2D eigenvalue weighted by molar-refractivity contribution is -0.143. The van der Waals surface area contributed by atoms with Crippen molar-refractivity contribution in [1.29, 1.82) is 0 Å². The number of ether oxygens (including phenoxy) is 1. The SMILES string of the molecule is COCCN(CC(=O)N1N=C(c2ccc(C)c(C)c2)CC1c1ccc(Cl)cc1)C(=O)C(C)C. The van der Waals surface area contributed by atoms with Gasteiger partial charge in [0.25, 0.3) is 5.91 Å². The number of halogens is 1. The van der Waals surface area contributed by atoms with Crippen LogP contribution in [0.4, 0.5) is 0 Å². The Balaban J connectivity index is 1.92. The van der Waals surface area contributed by atoms with Gasteiger partial charge in [-0.05, 0) is 54.3 Å². The molecule has 1 heterocycles. The summed E-state index contributed by atoms with van der Waals surface area (Å²) in [5, 5.41) is 6.91. The molecule has 2 aromatic carbocycles. The Morgan fingerprint density at radius 3 is 2.45 bits per heavy atom. The molecule has 0 radical (unpaired) electrons. The van der Waals surface area contributed by atoms with Crippen molar-refractivity contribution in [3.63, 3.8) is 0 Å². The second kappa shape index (κ2) is 10.9. The third-order valence-electron chi connectivity index (χ3n) is 5.96. The summed E-state index contributed by atoms with van der Waals surface area (Å²) in [6.07, 6.45) is 0.589. The lowest BCUT2D eigenvalue weighted by Crippen LogP contribution is -2.44. The van der Waals surface area contributed by atoms with Crippen molar-refractivity contribution in [2.45, 2.75) is 40.2 Å². The first-order valence-electron chi connectivity index (χ1n) is 11.2. The van der Waals surface area contributed by atoms with Crippen LogP contribution in [0.15, 0.2) is 47.6 Å². The molecule has 7 heteroatoms. The van der Waals surface area contributed by atoms with Crippen LogP contribution < -0.4 is 0 Å². The van der Waals surface area contributed by atoms with Crippen molar-refractivity contribution in [2.24, 2.45) is 11.0 Å². The maximum Gasteiger partial charge on any atom is 0.262 e. The van der Waals surface area contributed by atoms with E-state index < -0.39 is 0 Å². The fourth-order valence-electron chi connectivity index (χ4n) is 3.85. The van der Waals surface area contributed by atoms with Gasteiger partial charge in [-0.25, -0.2) is 5.01 Å². The number of carbonyl (C=O) groups excluding carboxylic acids is 2. The number of methoxy groups -OCH3 is 1. The Morgan fingerprint density at radius 2 is 1.85 bits per heavy atom. The number of nitrogens with zero attached hydrogens (tertiary/aromatic N) is 3. The number of benzene rings is 2. The molecular weight excluding hydrogens is 438 g/mol. The van der Waals surface area contributed by atoms with Gasteiger partial charge in [0.1, 0.15) is 6.54 Å². The van der Waals surface area contributed by atoms with Gasteiger partial charge in [-0.15, -0.1) is 0 Å². The van der Waals surface area contributed by atoms with Crippen molar-refractivity contribution in [3.8, 4) is 0 Å². The van der Waals surface area contributed by atoms with Crippen LogP contribution in [0.25, 0.3) is 0 Å². The summed E-state index contributed by atoms with van der Waals surface area (Å²) < 4.78 is 5.15. The molecule has 2 amide bonds. The van der Waals surface area contributed by atoms with Gasteiger partial charge in [0.05, 0.1) is 18.4 Å². The van der Waals surface area contributed by atoms with Crippen molar-refractivity contribution < 1.29 is 14.3 Å². The maximum absolute atomic E-state index is 13.5. The average molecular weight is 470 g/mol. The Bertz CT molecular complexity index is 1030. The van der Waals surface area contributed by atoms with Gasteiger partial charge in [-0.1, -0.05) is 49.7 Å². The smallest absolute Gasteiger partial charge is 0.262 e. The zero-order chi connectivity index (χ0) is 24.1. The largest absolute Gasteiger partial charge is 0.383 e. The van der Waals surface area contributed by atoms with Gasteiger partial charge in [-0.3, -0.25) is 9.59 Å². The summed E-state index contributed by atoms with van der Waals surface area (Å²) in [7, 11) is 1.58. The quantitative estimate of drug-likeness (QED) is 0.559. The number of carbonyl (C=O) groups is 2. The number of hydrogen-bond acceptors (Lipinski definition) is 4. The van der Waals surface area contributed by atoms with Crippen LogP contribution in [0.2, 0.25) is 5.02 Å². The van der Waals surface area contributed by atoms with E-state index in [1.54, 1.807) is 12.0 Å². The van der Waals surface area contributed by atoms with Gasteiger partial charge in [0.2, 0.25) is 5.91 Å². The third-order valence-corrected chi connectivity index (χ3v) is 6.21. The Morgan fingerprint density at radius 1 is 1.15 bits per heavy atom. The molecule has 0 aliphatic carbocycles. The van der Waals surface area contributed by atoms with Gasteiger partial charge in [0.15, 0.2) is 0 Å². The molecule has 2 aromatic rings. The molecule has 0 saturated heterocycles. The third kappa shape index (κ3) is 6.01.